The molecule has 0 fully saturated rings. The lowest BCUT2D eigenvalue weighted by Crippen LogP contribution is -2.04. The number of nitrogens with two attached hydrogens (primary N) is 1. The zero-order chi connectivity index (χ0) is 14.8. The molecule has 0 bridgehead atoms. The first-order chi connectivity index (χ1) is 10.2. The monoisotopic (exact) mass is 299 g/mol. The van der Waals surface area contributed by atoms with Crippen LogP contribution in [0.25, 0.3) is 0 Å². The Kier molecular flexibility index (Phi) is 3.88. The number of hydrogen-bond acceptors (Lipinski definition) is 4. The van der Waals surface area contributed by atoms with Crippen LogP contribution in [0, 0.1) is 0 Å². The van der Waals surface area contributed by atoms with E-state index in [0.717, 1.165) is 16.2 Å². The molecule has 0 atom stereocenters. The molecule has 0 aromatic heterocycles. The van der Waals surface area contributed by atoms with E-state index >= 15 is 0 Å². The van der Waals surface area contributed by atoms with Crippen molar-refractivity contribution in [1.82, 2.24) is 0 Å². The largest absolute Gasteiger partial charge is 0.465 e. The fourth-order valence-electron chi connectivity index (χ4n) is 2.64. The highest BCUT2D eigenvalue weighted by Gasteiger charge is 2.15. The van der Waals surface area contributed by atoms with Gasteiger partial charge in [0.15, 0.2) is 0 Å². The third-order valence-electron chi connectivity index (χ3n) is 3.71. The number of methoxy groups -OCH3 is 1. The van der Waals surface area contributed by atoms with Crippen molar-refractivity contribution in [2.75, 3.05) is 12.8 Å². The number of nitrogen functional groups attached to an aromatic ring is 1. The Labute approximate surface area is 128 Å². The van der Waals surface area contributed by atoms with Crippen molar-refractivity contribution in [2.45, 2.75) is 29.1 Å². The minimum atomic E-state index is -0.356. The Balaban J connectivity index is 1.92. The van der Waals surface area contributed by atoms with Gasteiger partial charge in [0.05, 0.1) is 12.7 Å². The van der Waals surface area contributed by atoms with E-state index in [0.29, 0.717) is 11.3 Å². The maximum atomic E-state index is 11.9. The van der Waals surface area contributed by atoms with Gasteiger partial charge < -0.3 is 10.5 Å². The summed E-state index contributed by atoms with van der Waals surface area (Å²) in [6, 6.07) is 11.9. The normalized spacial score (nSPS) is 13.0. The molecule has 1 aliphatic rings. The van der Waals surface area contributed by atoms with Gasteiger partial charge in [-0.05, 0) is 60.7 Å². The number of fused-ring (bicyclic) bond motifs is 1. The summed E-state index contributed by atoms with van der Waals surface area (Å²) < 4.78 is 4.84. The topological polar surface area (TPSA) is 52.3 Å². The molecule has 2 aromatic rings. The average molecular weight is 299 g/mol. The summed E-state index contributed by atoms with van der Waals surface area (Å²) in [5.74, 6) is -0.356. The molecule has 0 unspecified atom stereocenters. The van der Waals surface area contributed by atoms with Crippen LogP contribution in [0.1, 0.15) is 27.9 Å². The van der Waals surface area contributed by atoms with Gasteiger partial charge in [-0.2, -0.15) is 0 Å². The number of anilines is 1. The van der Waals surface area contributed by atoms with E-state index in [1.165, 1.54) is 31.1 Å². The molecule has 0 aliphatic heterocycles. The molecule has 0 saturated carbocycles. The maximum absolute atomic E-state index is 11.9. The first-order valence-electron chi connectivity index (χ1n) is 6.95. The van der Waals surface area contributed by atoms with Crippen LogP contribution in [-0.2, 0) is 17.6 Å². The Hall–Kier alpha value is -1.94. The summed E-state index contributed by atoms with van der Waals surface area (Å²) in [6.45, 7) is 0. The van der Waals surface area contributed by atoms with Crippen molar-refractivity contribution in [2.24, 2.45) is 0 Å². The number of rotatable bonds is 3. The van der Waals surface area contributed by atoms with Crippen molar-refractivity contribution in [1.29, 1.82) is 0 Å². The Morgan fingerprint density at radius 2 is 1.95 bits per heavy atom. The van der Waals surface area contributed by atoms with Gasteiger partial charge in [-0.3, -0.25) is 0 Å². The fourth-order valence-corrected chi connectivity index (χ4v) is 3.62. The third kappa shape index (κ3) is 2.90. The molecule has 21 heavy (non-hydrogen) atoms. The van der Waals surface area contributed by atoms with Crippen LogP contribution in [0.3, 0.4) is 0 Å². The van der Waals surface area contributed by atoms with Crippen molar-refractivity contribution >= 4 is 23.4 Å². The molecular formula is C17H17NO2S. The number of carbonyl (C=O) groups is 1. The van der Waals surface area contributed by atoms with Gasteiger partial charge in [0.25, 0.3) is 0 Å². The van der Waals surface area contributed by atoms with Gasteiger partial charge in [-0.1, -0.05) is 17.8 Å². The number of hydrogen-bond donors (Lipinski definition) is 1. The smallest absolute Gasteiger partial charge is 0.339 e. The molecule has 3 nitrogen and oxygen atoms in total. The summed E-state index contributed by atoms with van der Waals surface area (Å²) >= 11 is 1.58. The quantitative estimate of drug-likeness (QED) is 0.693. The summed E-state index contributed by atoms with van der Waals surface area (Å²) in [7, 11) is 1.38. The molecule has 1 aliphatic carbocycles. The van der Waals surface area contributed by atoms with Gasteiger partial charge >= 0.3 is 5.97 Å². The third-order valence-corrected chi connectivity index (χ3v) is 4.77. The average Bonchev–Trinajstić information content (AvgIpc) is 2.96. The van der Waals surface area contributed by atoms with Crippen LogP contribution in [-0.4, -0.2) is 13.1 Å². The SMILES string of the molecule is COC(=O)c1cc(N)ccc1Sc1ccc2c(c1)CCC2. The highest BCUT2D eigenvalue weighted by atomic mass is 32.2. The second kappa shape index (κ2) is 5.82. The summed E-state index contributed by atoms with van der Waals surface area (Å²) in [4.78, 5) is 13.9. The maximum Gasteiger partial charge on any atom is 0.339 e. The lowest BCUT2D eigenvalue weighted by atomic mass is 10.1. The molecule has 2 aromatic carbocycles. The van der Waals surface area contributed by atoms with Crippen LogP contribution in [0.15, 0.2) is 46.2 Å². The molecule has 0 spiro atoms. The van der Waals surface area contributed by atoms with Gasteiger partial charge in [-0.25, -0.2) is 4.79 Å². The number of aryl methyl sites for hydroxylation is 2. The molecular weight excluding hydrogens is 282 g/mol. The fraction of sp³-hybridized carbons (Fsp3) is 0.235. The highest BCUT2D eigenvalue weighted by molar-refractivity contribution is 7.99. The van der Waals surface area contributed by atoms with Gasteiger partial charge in [0.1, 0.15) is 0 Å². The Bertz CT molecular complexity index is 697. The van der Waals surface area contributed by atoms with Gasteiger partial charge in [0.2, 0.25) is 0 Å². The van der Waals surface area contributed by atoms with E-state index < -0.39 is 0 Å². The Morgan fingerprint density at radius 3 is 2.76 bits per heavy atom. The van der Waals surface area contributed by atoms with Crippen molar-refractivity contribution < 1.29 is 9.53 Å². The minimum Gasteiger partial charge on any atom is -0.465 e. The lowest BCUT2D eigenvalue weighted by Gasteiger charge is -2.09. The van der Waals surface area contributed by atoms with Crippen LogP contribution in [0.4, 0.5) is 5.69 Å². The zero-order valence-corrected chi connectivity index (χ0v) is 12.7. The predicted molar refractivity (Wildman–Crippen MR) is 84.8 cm³/mol. The number of ether oxygens (including phenoxy) is 1. The number of benzene rings is 2. The van der Waals surface area contributed by atoms with Gasteiger partial charge in [-0.15, -0.1) is 0 Å². The summed E-state index contributed by atoms with van der Waals surface area (Å²) in [5, 5.41) is 0. The lowest BCUT2D eigenvalue weighted by molar-refractivity contribution is 0.0597. The van der Waals surface area contributed by atoms with Crippen molar-refractivity contribution in [3.63, 3.8) is 0 Å². The van der Waals surface area contributed by atoms with E-state index in [1.54, 1.807) is 17.8 Å². The zero-order valence-electron chi connectivity index (χ0n) is 11.9. The first-order valence-corrected chi connectivity index (χ1v) is 7.76. The summed E-state index contributed by atoms with van der Waals surface area (Å²) in [6.07, 6.45) is 3.56. The van der Waals surface area contributed by atoms with E-state index in [-0.39, 0.29) is 5.97 Å². The number of carbonyl (C=O) groups excluding carboxylic acids is 1. The molecule has 4 heteroatoms. The van der Waals surface area contributed by atoms with Crippen molar-refractivity contribution in [3.8, 4) is 0 Å². The minimum absolute atomic E-state index is 0.356. The number of esters is 1. The second-order valence-corrected chi connectivity index (χ2v) is 6.25. The standard InChI is InChI=1S/C17H17NO2S/c1-20-17(19)15-10-13(18)6-8-16(15)21-14-7-5-11-3-2-4-12(11)9-14/h5-10H,2-4,18H2,1H3. The van der Waals surface area contributed by atoms with Crippen LogP contribution in [0.2, 0.25) is 0 Å². The van der Waals surface area contributed by atoms with E-state index in [9.17, 15) is 4.79 Å². The summed E-state index contributed by atoms with van der Waals surface area (Å²) in [5.41, 5.74) is 9.73. The molecule has 0 saturated heterocycles. The van der Waals surface area contributed by atoms with E-state index in [1.807, 2.05) is 12.1 Å². The van der Waals surface area contributed by atoms with Crippen molar-refractivity contribution in [3.05, 3.63) is 53.1 Å². The molecule has 2 N–H and O–H groups in total. The molecule has 0 amide bonds. The second-order valence-electron chi connectivity index (χ2n) is 5.13. The molecule has 0 radical (unpaired) electrons. The van der Waals surface area contributed by atoms with Gasteiger partial charge in [0, 0.05) is 15.5 Å². The van der Waals surface area contributed by atoms with E-state index in [4.69, 9.17) is 10.5 Å². The molecule has 108 valence electrons. The van der Waals surface area contributed by atoms with Crippen LogP contribution >= 0.6 is 11.8 Å². The predicted octanol–water partition coefficient (Wildman–Crippen LogP) is 3.70. The Morgan fingerprint density at radius 1 is 1.14 bits per heavy atom. The molecule has 3 rings (SSSR count). The highest BCUT2D eigenvalue weighted by Crippen LogP contribution is 2.34. The van der Waals surface area contributed by atoms with E-state index in [2.05, 4.69) is 18.2 Å². The van der Waals surface area contributed by atoms with Crippen LogP contribution < -0.4 is 5.73 Å². The first kappa shape index (κ1) is 14.0. The van der Waals surface area contributed by atoms with Crippen LogP contribution in [0.5, 0.6) is 0 Å². The molecule has 0 heterocycles.